The topological polar surface area (TPSA) is 67.2 Å². The van der Waals surface area contributed by atoms with Gasteiger partial charge in [0.1, 0.15) is 16.7 Å². The van der Waals surface area contributed by atoms with Crippen LogP contribution in [0.3, 0.4) is 0 Å². The molecule has 1 atom stereocenters. The number of hydrogen-bond donors (Lipinski definition) is 0. The van der Waals surface area contributed by atoms with E-state index in [2.05, 4.69) is 0 Å². The first kappa shape index (κ1) is 12.8. The van der Waals surface area contributed by atoms with Crippen molar-refractivity contribution in [1.29, 1.82) is 5.26 Å². The molecule has 0 spiro atoms. The number of hydrogen-bond acceptors (Lipinski definition) is 4. The zero-order valence-corrected chi connectivity index (χ0v) is 10.3. The monoisotopic (exact) mass is 259 g/mol. The first-order valence-electron chi connectivity index (χ1n) is 4.46. The number of aryl methyl sites for hydroxylation is 1. The molecule has 86 valence electrons. The molecule has 0 saturated carbocycles. The molecule has 1 unspecified atom stereocenters. The van der Waals surface area contributed by atoms with Crippen molar-refractivity contribution in [3.8, 4) is 11.8 Å². The van der Waals surface area contributed by atoms with Crippen LogP contribution >= 0.6 is 10.7 Å². The molecular weight excluding hydrogens is 250 g/mol. The largest absolute Gasteiger partial charge is 0.474 e. The second kappa shape index (κ2) is 4.73. The molecule has 0 heterocycles. The highest BCUT2D eigenvalue weighted by Gasteiger charge is 2.18. The van der Waals surface area contributed by atoms with Gasteiger partial charge in [-0.05, 0) is 31.5 Å². The van der Waals surface area contributed by atoms with E-state index in [-0.39, 0.29) is 10.6 Å². The van der Waals surface area contributed by atoms with Crippen molar-refractivity contribution in [3.63, 3.8) is 0 Å². The number of ether oxygens (including phenoxy) is 1. The van der Waals surface area contributed by atoms with Gasteiger partial charge in [0.05, 0.1) is 0 Å². The normalized spacial score (nSPS) is 12.9. The van der Waals surface area contributed by atoms with Gasteiger partial charge in [0.2, 0.25) is 0 Å². The molecule has 0 bridgehead atoms. The highest BCUT2D eigenvalue weighted by molar-refractivity contribution is 8.13. The summed E-state index contributed by atoms with van der Waals surface area (Å²) in [6.07, 6.45) is -0.736. The quantitative estimate of drug-likeness (QED) is 0.781. The predicted molar refractivity (Wildman–Crippen MR) is 59.9 cm³/mol. The molecule has 0 radical (unpaired) electrons. The summed E-state index contributed by atoms with van der Waals surface area (Å²) in [6.45, 7) is 3.26. The first-order valence-corrected chi connectivity index (χ1v) is 6.77. The van der Waals surface area contributed by atoms with Gasteiger partial charge in [-0.2, -0.15) is 5.26 Å². The SMILES string of the molecule is Cc1ccc(OC(C)C#N)c(S(=O)(=O)Cl)c1. The minimum atomic E-state index is -3.87. The number of benzene rings is 1. The van der Waals surface area contributed by atoms with E-state index in [0.717, 1.165) is 5.56 Å². The predicted octanol–water partition coefficient (Wildman–Crippen LogP) is 2.21. The Morgan fingerprint density at radius 3 is 2.62 bits per heavy atom. The van der Waals surface area contributed by atoms with Crippen molar-refractivity contribution in [3.05, 3.63) is 23.8 Å². The molecule has 0 aromatic heterocycles. The van der Waals surface area contributed by atoms with Crippen LogP contribution in [0.1, 0.15) is 12.5 Å². The fourth-order valence-electron chi connectivity index (χ4n) is 1.12. The average molecular weight is 260 g/mol. The third-order valence-electron chi connectivity index (χ3n) is 1.85. The Morgan fingerprint density at radius 2 is 2.12 bits per heavy atom. The lowest BCUT2D eigenvalue weighted by molar-refractivity contribution is 0.269. The second-order valence-corrected chi connectivity index (χ2v) is 5.81. The second-order valence-electron chi connectivity index (χ2n) is 3.28. The molecule has 0 saturated heterocycles. The number of rotatable bonds is 3. The Morgan fingerprint density at radius 1 is 1.50 bits per heavy atom. The Kier molecular flexibility index (Phi) is 3.79. The lowest BCUT2D eigenvalue weighted by Crippen LogP contribution is -2.10. The maximum absolute atomic E-state index is 11.3. The third-order valence-corrected chi connectivity index (χ3v) is 3.19. The van der Waals surface area contributed by atoms with Gasteiger partial charge in [0.15, 0.2) is 6.10 Å². The standard InChI is InChI=1S/C10H10ClNO3S/c1-7-3-4-9(15-8(2)6-12)10(5-7)16(11,13)14/h3-5,8H,1-2H3. The molecule has 0 fully saturated rings. The van der Waals surface area contributed by atoms with Gasteiger partial charge >= 0.3 is 0 Å². The van der Waals surface area contributed by atoms with E-state index in [0.29, 0.717) is 0 Å². The van der Waals surface area contributed by atoms with Gasteiger partial charge in [-0.1, -0.05) is 6.07 Å². The molecule has 1 rings (SSSR count). The molecule has 0 aliphatic heterocycles. The van der Waals surface area contributed by atoms with E-state index in [9.17, 15) is 8.42 Å². The Hall–Kier alpha value is -1.25. The van der Waals surface area contributed by atoms with E-state index in [1.165, 1.54) is 19.1 Å². The fourth-order valence-corrected chi connectivity index (χ4v) is 2.16. The zero-order valence-electron chi connectivity index (χ0n) is 8.77. The molecule has 6 heteroatoms. The van der Waals surface area contributed by atoms with Gasteiger partial charge in [-0.15, -0.1) is 0 Å². The average Bonchev–Trinajstić information content (AvgIpc) is 2.19. The van der Waals surface area contributed by atoms with Crippen molar-refractivity contribution in [2.24, 2.45) is 0 Å². The molecule has 4 nitrogen and oxygen atoms in total. The van der Waals surface area contributed by atoms with Crippen LogP contribution in [0.25, 0.3) is 0 Å². The van der Waals surface area contributed by atoms with Crippen LogP contribution in [-0.2, 0) is 9.05 Å². The van der Waals surface area contributed by atoms with Crippen molar-refractivity contribution < 1.29 is 13.2 Å². The molecule has 0 aliphatic carbocycles. The maximum atomic E-state index is 11.3. The summed E-state index contributed by atoms with van der Waals surface area (Å²) in [5.74, 6) is 0.0923. The summed E-state index contributed by atoms with van der Waals surface area (Å²) >= 11 is 0. The Balaban J connectivity index is 3.25. The van der Waals surface area contributed by atoms with Crippen LogP contribution < -0.4 is 4.74 Å². The van der Waals surface area contributed by atoms with Crippen LogP contribution in [0.5, 0.6) is 5.75 Å². The summed E-state index contributed by atoms with van der Waals surface area (Å²) in [4.78, 5) is -0.115. The zero-order chi connectivity index (χ0) is 12.3. The summed E-state index contributed by atoms with van der Waals surface area (Å²) in [5.41, 5.74) is 0.746. The van der Waals surface area contributed by atoms with E-state index in [1.807, 2.05) is 6.07 Å². The molecule has 16 heavy (non-hydrogen) atoms. The minimum absolute atomic E-state index is 0.0923. The van der Waals surface area contributed by atoms with Gasteiger partial charge in [0.25, 0.3) is 9.05 Å². The summed E-state index contributed by atoms with van der Waals surface area (Å²) in [6, 6.07) is 6.42. The summed E-state index contributed by atoms with van der Waals surface area (Å²) < 4.78 is 27.7. The molecule has 1 aromatic rings. The van der Waals surface area contributed by atoms with Crippen LogP contribution in [0.4, 0.5) is 0 Å². The molecule has 0 N–H and O–H groups in total. The van der Waals surface area contributed by atoms with Crippen molar-refractivity contribution in [2.75, 3.05) is 0 Å². The van der Waals surface area contributed by atoms with E-state index >= 15 is 0 Å². The Bertz CT molecular complexity index is 533. The molecule has 0 aliphatic rings. The third kappa shape index (κ3) is 3.12. The van der Waals surface area contributed by atoms with E-state index in [4.69, 9.17) is 20.7 Å². The molecule has 0 amide bonds. The number of nitrogens with zero attached hydrogens (tertiary/aromatic N) is 1. The van der Waals surface area contributed by atoms with Crippen LogP contribution in [0.15, 0.2) is 23.1 Å². The fraction of sp³-hybridized carbons (Fsp3) is 0.300. The van der Waals surface area contributed by atoms with Crippen LogP contribution in [0.2, 0.25) is 0 Å². The number of nitriles is 1. The molecular formula is C10H10ClNO3S. The van der Waals surface area contributed by atoms with E-state index < -0.39 is 15.2 Å². The maximum Gasteiger partial charge on any atom is 0.264 e. The van der Waals surface area contributed by atoms with Crippen molar-refractivity contribution >= 4 is 19.7 Å². The molecule has 1 aromatic carbocycles. The summed E-state index contributed by atoms with van der Waals surface area (Å²) in [7, 11) is 1.40. The smallest absolute Gasteiger partial charge is 0.264 e. The van der Waals surface area contributed by atoms with Crippen molar-refractivity contribution in [2.45, 2.75) is 24.8 Å². The van der Waals surface area contributed by atoms with E-state index in [1.54, 1.807) is 13.0 Å². The van der Waals surface area contributed by atoms with Gasteiger partial charge in [0, 0.05) is 10.7 Å². The number of halogens is 1. The van der Waals surface area contributed by atoms with Crippen LogP contribution in [-0.4, -0.2) is 14.5 Å². The first-order chi connectivity index (χ1) is 7.34. The highest BCUT2D eigenvalue weighted by atomic mass is 35.7. The Labute approximate surface area is 98.8 Å². The summed E-state index contributed by atoms with van der Waals surface area (Å²) in [5, 5.41) is 8.59. The van der Waals surface area contributed by atoms with Gasteiger partial charge < -0.3 is 4.74 Å². The van der Waals surface area contributed by atoms with Gasteiger partial charge in [-0.25, -0.2) is 8.42 Å². The van der Waals surface area contributed by atoms with Gasteiger partial charge in [-0.3, -0.25) is 0 Å². The minimum Gasteiger partial charge on any atom is -0.474 e. The highest BCUT2D eigenvalue weighted by Crippen LogP contribution is 2.28. The van der Waals surface area contributed by atoms with Crippen LogP contribution in [0, 0.1) is 18.3 Å². The lowest BCUT2D eigenvalue weighted by atomic mass is 10.2. The lowest BCUT2D eigenvalue weighted by Gasteiger charge is -2.11. The van der Waals surface area contributed by atoms with Crippen molar-refractivity contribution in [1.82, 2.24) is 0 Å².